The second-order valence-electron chi connectivity index (χ2n) is 9.44. The number of piperidine rings is 1. The van der Waals surface area contributed by atoms with Crippen molar-refractivity contribution in [2.75, 3.05) is 6.54 Å². The molecule has 0 spiro atoms. The normalized spacial score (nSPS) is 22.6. The molecule has 1 aromatic carbocycles. The van der Waals surface area contributed by atoms with Gasteiger partial charge < -0.3 is 9.47 Å². The van der Waals surface area contributed by atoms with Crippen LogP contribution in [0.4, 0.5) is 0 Å². The summed E-state index contributed by atoms with van der Waals surface area (Å²) in [6.07, 6.45) is 9.61. The number of carbonyl (C=O) groups is 3. The number of aromatic nitrogens is 3. The molecule has 0 aliphatic carbocycles. The third-order valence-electron chi connectivity index (χ3n) is 7.23. The van der Waals surface area contributed by atoms with Gasteiger partial charge in [-0.1, -0.05) is 36.4 Å². The maximum Gasteiger partial charge on any atom is 0.241 e. The highest BCUT2D eigenvalue weighted by Gasteiger charge is 2.54. The first kappa shape index (κ1) is 23.0. The number of imide groups is 1. The summed E-state index contributed by atoms with van der Waals surface area (Å²) in [5.41, 5.74) is 0.252. The number of hydrogen-bond acceptors (Lipinski definition) is 5. The lowest BCUT2D eigenvalue weighted by molar-refractivity contribution is -0.144. The fourth-order valence-corrected chi connectivity index (χ4v) is 5.41. The largest absolute Gasteiger partial charge is 0.336 e. The van der Waals surface area contributed by atoms with Gasteiger partial charge in [0.05, 0.1) is 18.0 Å². The van der Waals surface area contributed by atoms with Crippen molar-refractivity contribution < 1.29 is 14.4 Å². The van der Waals surface area contributed by atoms with Crippen molar-refractivity contribution in [3.8, 4) is 0 Å². The summed E-state index contributed by atoms with van der Waals surface area (Å²) in [7, 11) is 1.93. The maximum absolute atomic E-state index is 13.9. The molecule has 0 saturated carbocycles. The summed E-state index contributed by atoms with van der Waals surface area (Å²) in [5, 5.41) is 0. The molecule has 8 heteroatoms. The summed E-state index contributed by atoms with van der Waals surface area (Å²) in [6.45, 7) is 0.761. The molecule has 0 unspecified atom stereocenters. The molecule has 3 amide bonds. The van der Waals surface area contributed by atoms with E-state index in [2.05, 4.69) is 9.97 Å². The molecule has 35 heavy (non-hydrogen) atoms. The molecule has 2 aliphatic rings. The number of benzene rings is 1. The lowest BCUT2D eigenvalue weighted by Crippen LogP contribution is -2.46. The first-order valence-electron chi connectivity index (χ1n) is 12.1. The van der Waals surface area contributed by atoms with Gasteiger partial charge in [0.1, 0.15) is 5.82 Å². The van der Waals surface area contributed by atoms with Crippen molar-refractivity contribution in [2.45, 2.75) is 50.1 Å². The standard InChI is InChI=1S/C27H29N5O3/c1-30-15-13-29-25(30)22-11-5-6-14-31(22)23(33)16-27(21-9-3-2-4-10-21)17-24(34)32(26(27)35)19-20-8-7-12-28-18-20/h2-4,7-10,12-13,15,18,22H,5-6,11,14,16-17,19H2,1H3/t22-,27-/m0/s1. The number of pyridine rings is 1. The van der Waals surface area contributed by atoms with Gasteiger partial charge in [0.15, 0.2) is 0 Å². The smallest absolute Gasteiger partial charge is 0.241 e. The quantitative estimate of drug-likeness (QED) is 0.516. The molecule has 8 nitrogen and oxygen atoms in total. The monoisotopic (exact) mass is 471 g/mol. The van der Waals surface area contributed by atoms with Crippen molar-refractivity contribution in [3.05, 3.63) is 84.2 Å². The van der Waals surface area contributed by atoms with Crippen LogP contribution >= 0.6 is 0 Å². The summed E-state index contributed by atoms with van der Waals surface area (Å²) in [5.74, 6) is 0.135. The molecule has 0 radical (unpaired) electrons. The molecule has 2 fully saturated rings. The predicted molar refractivity (Wildman–Crippen MR) is 129 cm³/mol. The predicted octanol–water partition coefficient (Wildman–Crippen LogP) is 3.16. The van der Waals surface area contributed by atoms with E-state index in [9.17, 15) is 14.4 Å². The topological polar surface area (TPSA) is 88.4 Å². The molecule has 4 heterocycles. The van der Waals surface area contributed by atoms with E-state index in [1.54, 1.807) is 24.7 Å². The Labute approximate surface area is 204 Å². The van der Waals surface area contributed by atoms with E-state index in [4.69, 9.17) is 0 Å². The Bertz CT molecular complexity index is 1230. The highest BCUT2D eigenvalue weighted by Crippen LogP contribution is 2.42. The highest BCUT2D eigenvalue weighted by atomic mass is 16.2. The molecule has 5 rings (SSSR count). The Morgan fingerprint density at radius 3 is 2.63 bits per heavy atom. The van der Waals surface area contributed by atoms with Crippen LogP contribution in [0.2, 0.25) is 0 Å². The lowest BCUT2D eigenvalue weighted by atomic mass is 9.75. The molecule has 2 saturated heterocycles. The van der Waals surface area contributed by atoms with Crippen molar-refractivity contribution >= 4 is 17.7 Å². The molecule has 2 atom stereocenters. The average molecular weight is 472 g/mol. The Morgan fingerprint density at radius 1 is 1.09 bits per heavy atom. The van der Waals surface area contributed by atoms with Gasteiger partial charge in [-0.25, -0.2) is 4.98 Å². The molecular formula is C27H29N5O3. The molecule has 0 bridgehead atoms. The summed E-state index contributed by atoms with van der Waals surface area (Å²) < 4.78 is 1.95. The van der Waals surface area contributed by atoms with Crippen LogP contribution in [-0.4, -0.2) is 48.6 Å². The molecule has 2 aliphatic heterocycles. The van der Waals surface area contributed by atoms with Crippen LogP contribution in [0.5, 0.6) is 0 Å². The Balaban J connectivity index is 1.47. The average Bonchev–Trinajstić information content (AvgIpc) is 3.42. The molecule has 2 aromatic heterocycles. The number of nitrogens with zero attached hydrogens (tertiary/aromatic N) is 5. The minimum absolute atomic E-state index is 0.0250. The fourth-order valence-electron chi connectivity index (χ4n) is 5.41. The van der Waals surface area contributed by atoms with Gasteiger partial charge in [-0.3, -0.25) is 24.3 Å². The number of hydrogen-bond donors (Lipinski definition) is 0. The van der Waals surface area contributed by atoms with E-state index >= 15 is 0 Å². The molecule has 3 aromatic rings. The molecular weight excluding hydrogens is 442 g/mol. The van der Waals surface area contributed by atoms with E-state index in [0.29, 0.717) is 12.1 Å². The van der Waals surface area contributed by atoms with Gasteiger partial charge in [0.25, 0.3) is 0 Å². The minimum atomic E-state index is -1.22. The van der Waals surface area contributed by atoms with Gasteiger partial charge in [-0.2, -0.15) is 0 Å². The van der Waals surface area contributed by atoms with Crippen molar-refractivity contribution in [1.29, 1.82) is 0 Å². The number of likely N-dealkylation sites (tertiary alicyclic amines) is 2. The maximum atomic E-state index is 13.9. The summed E-state index contributed by atoms with van der Waals surface area (Å²) in [4.78, 5) is 52.7. The Hall–Kier alpha value is -3.81. The third kappa shape index (κ3) is 4.24. The van der Waals surface area contributed by atoms with E-state index in [0.717, 1.165) is 30.7 Å². The zero-order valence-corrected chi connectivity index (χ0v) is 19.8. The number of imidazole rings is 1. The van der Waals surface area contributed by atoms with Gasteiger partial charge >= 0.3 is 0 Å². The number of rotatable bonds is 6. The minimum Gasteiger partial charge on any atom is -0.336 e. The van der Waals surface area contributed by atoms with Gasteiger partial charge in [0.2, 0.25) is 17.7 Å². The highest BCUT2D eigenvalue weighted by molar-refractivity contribution is 6.10. The number of amides is 3. The number of carbonyl (C=O) groups excluding carboxylic acids is 3. The Kier molecular flexibility index (Phi) is 6.19. The lowest BCUT2D eigenvalue weighted by Gasteiger charge is -2.37. The number of aryl methyl sites for hydroxylation is 1. The van der Waals surface area contributed by atoms with Crippen molar-refractivity contribution in [3.63, 3.8) is 0 Å². The zero-order valence-electron chi connectivity index (χ0n) is 19.8. The SMILES string of the molecule is Cn1ccnc1[C@@H]1CCCCN1C(=O)C[C@@]1(c2ccccc2)CC(=O)N(Cc2cccnc2)C1=O. The third-order valence-corrected chi connectivity index (χ3v) is 7.23. The van der Waals surface area contributed by atoms with Crippen molar-refractivity contribution in [1.82, 2.24) is 24.3 Å². The summed E-state index contributed by atoms with van der Waals surface area (Å²) >= 11 is 0. The molecule has 180 valence electrons. The Morgan fingerprint density at radius 2 is 1.91 bits per heavy atom. The molecule has 0 N–H and O–H groups in total. The van der Waals surface area contributed by atoms with Crippen LogP contribution in [-0.2, 0) is 33.4 Å². The van der Waals surface area contributed by atoms with Crippen LogP contribution in [0.15, 0.2) is 67.3 Å². The van der Waals surface area contributed by atoms with Gasteiger partial charge in [-0.05, 0) is 36.5 Å². The van der Waals surface area contributed by atoms with E-state index in [1.165, 1.54) is 4.90 Å². The van der Waals surface area contributed by atoms with E-state index in [1.807, 2.05) is 59.1 Å². The van der Waals surface area contributed by atoms with Crippen LogP contribution < -0.4 is 0 Å². The first-order chi connectivity index (χ1) is 17.0. The van der Waals surface area contributed by atoms with Crippen LogP contribution in [0.3, 0.4) is 0 Å². The van der Waals surface area contributed by atoms with Crippen LogP contribution in [0, 0.1) is 0 Å². The van der Waals surface area contributed by atoms with E-state index in [-0.39, 0.29) is 43.1 Å². The second-order valence-corrected chi connectivity index (χ2v) is 9.44. The van der Waals surface area contributed by atoms with Crippen LogP contribution in [0.1, 0.15) is 55.1 Å². The first-order valence-corrected chi connectivity index (χ1v) is 12.1. The van der Waals surface area contributed by atoms with Crippen molar-refractivity contribution in [2.24, 2.45) is 7.05 Å². The van der Waals surface area contributed by atoms with E-state index < -0.39 is 5.41 Å². The van der Waals surface area contributed by atoms with Crippen LogP contribution in [0.25, 0.3) is 0 Å². The fraction of sp³-hybridized carbons (Fsp3) is 0.370. The second kappa shape index (κ2) is 9.44. The van der Waals surface area contributed by atoms with Gasteiger partial charge in [0, 0.05) is 51.2 Å². The summed E-state index contributed by atoms with van der Waals surface area (Å²) in [6, 6.07) is 12.7. The zero-order chi connectivity index (χ0) is 24.4. The van der Waals surface area contributed by atoms with Gasteiger partial charge in [-0.15, -0.1) is 0 Å².